The first-order valence-corrected chi connectivity index (χ1v) is 9.30. The van der Waals surface area contributed by atoms with Crippen molar-refractivity contribution in [3.63, 3.8) is 0 Å². The molecule has 3 rings (SSSR count). The van der Waals surface area contributed by atoms with Gasteiger partial charge in [-0.3, -0.25) is 4.79 Å². The molecule has 0 unspecified atom stereocenters. The normalized spacial score (nSPS) is 10.9. The van der Waals surface area contributed by atoms with Crippen molar-refractivity contribution in [2.24, 2.45) is 0 Å². The number of carbonyl (C=O) groups is 1. The molecule has 1 aromatic heterocycles. The van der Waals surface area contributed by atoms with Crippen LogP contribution in [0.5, 0.6) is 0 Å². The number of hydrogen-bond donors (Lipinski definition) is 0. The summed E-state index contributed by atoms with van der Waals surface area (Å²) in [6.07, 6.45) is 0. The van der Waals surface area contributed by atoms with Crippen LogP contribution < -0.4 is 0 Å². The molecule has 0 aliphatic heterocycles. The SMILES string of the molecule is Cc1ccc(-c2nc(C(=O)N(Cc3ccccc3)C(C)C)cs2)cc1. The van der Waals surface area contributed by atoms with Gasteiger partial charge in [0.05, 0.1) is 0 Å². The van der Waals surface area contributed by atoms with Crippen molar-refractivity contribution in [1.82, 2.24) is 9.88 Å². The summed E-state index contributed by atoms with van der Waals surface area (Å²) in [5.74, 6) is -0.0199. The summed E-state index contributed by atoms with van der Waals surface area (Å²) >= 11 is 1.51. The van der Waals surface area contributed by atoms with Crippen molar-refractivity contribution in [1.29, 1.82) is 0 Å². The van der Waals surface area contributed by atoms with E-state index in [-0.39, 0.29) is 11.9 Å². The van der Waals surface area contributed by atoms with E-state index >= 15 is 0 Å². The maximum Gasteiger partial charge on any atom is 0.273 e. The van der Waals surface area contributed by atoms with E-state index < -0.39 is 0 Å². The van der Waals surface area contributed by atoms with Gasteiger partial charge in [-0.05, 0) is 26.3 Å². The maximum atomic E-state index is 13.0. The minimum atomic E-state index is -0.0199. The van der Waals surface area contributed by atoms with Crippen LogP contribution >= 0.6 is 11.3 Å². The second kappa shape index (κ2) is 7.62. The Morgan fingerprint density at radius 1 is 1.08 bits per heavy atom. The van der Waals surface area contributed by atoms with Crippen molar-refractivity contribution in [2.75, 3.05) is 0 Å². The Balaban J connectivity index is 1.82. The minimum Gasteiger partial charge on any atom is -0.331 e. The van der Waals surface area contributed by atoms with E-state index in [1.807, 2.05) is 66.6 Å². The molecule has 25 heavy (non-hydrogen) atoms. The lowest BCUT2D eigenvalue weighted by atomic mass is 10.1. The first kappa shape index (κ1) is 17.4. The van der Waals surface area contributed by atoms with Crippen LogP contribution in [0, 0.1) is 6.92 Å². The Hall–Kier alpha value is -2.46. The van der Waals surface area contributed by atoms with Crippen LogP contribution in [-0.4, -0.2) is 21.8 Å². The molecule has 3 nitrogen and oxygen atoms in total. The number of aryl methyl sites for hydroxylation is 1. The van der Waals surface area contributed by atoms with Gasteiger partial charge in [-0.1, -0.05) is 60.2 Å². The third-order valence-corrected chi connectivity index (χ3v) is 4.99. The lowest BCUT2D eigenvalue weighted by molar-refractivity contribution is 0.0685. The Bertz CT molecular complexity index is 838. The summed E-state index contributed by atoms with van der Waals surface area (Å²) in [4.78, 5) is 19.4. The zero-order valence-electron chi connectivity index (χ0n) is 14.8. The first-order chi connectivity index (χ1) is 12.0. The molecule has 3 aromatic rings. The van der Waals surface area contributed by atoms with Gasteiger partial charge in [0.2, 0.25) is 0 Å². The van der Waals surface area contributed by atoms with Crippen molar-refractivity contribution in [3.8, 4) is 10.6 Å². The van der Waals surface area contributed by atoms with Crippen LogP contribution in [0.3, 0.4) is 0 Å². The summed E-state index contributed by atoms with van der Waals surface area (Å²) in [6, 6.07) is 18.4. The number of nitrogens with zero attached hydrogens (tertiary/aromatic N) is 2. The molecule has 0 spiro atoms. The fourth-order valence-corrected chi connectivity index (χ4v) is 3.42. The average molecular weight is 350 g/mol. The Labute approximate surface area is 153 Å². The van der Waals surface area contributed by atoms with Crippen LogP contribution in [0.15, 0.2) is 60.0 Å². The molecule has 0 saturated heterocycles. The van der Waals surface area contributed by atoms with E-state index in [2.05, 4.69) is 24.0 Å². The topological polar surface area (TPSA) is 33.2 Å². The highest BCUT2D eigenvalue weighted by Crippen LogP contribution is 2.25. The zero-order chi connectivity index (χ0) is 17.8. The summed E-state index contributed by atoms with van der Waals surface area (Å²) in [5.41, 5.74) is 3.91. The van der Waals surface area contributed by atoms with Gasteiger partial charge >= 0.3 is 0 Å². The largest absolute Gasteiger partial charge is 0.331 e. The number of carbonyl (C=O) groups excluding carboxylic acids is 1. The highest BCUT2D eigenvalue weighted by atomic mass is 32.1. The Morgan fingerprint density at radius 2 is 1.76 bits per heavy atom. The van der Waals surface area contributed by atoms with E-state index in [0.717, 1.165) is 16.1 Å². The van der Waals surface area contributed by atoms with Gasteiger partial charge in [-0.25, -0.2) is 4.98 Å². The highest BCUT2D eigenvalue weighted by molar-refractivity contribution is 7.13. The van der Waals surface area contributed by atoms with Crippen molar-refractivity contribution in [2.45, 2.75) is 33.4 Å². The summed E-state index contributed by atoms with van der Waals surface area (Å²) in [6.45, 7) is 6.72. The molecule has 128 valence electrons. The van der Waals surface area contributed by atoms with Crippen LogP contribution in [0.4, 0.5) is 0 Å². The van der Waals surface area contributed by atoms with E-state index in [4.69, 9.17) is 0 Å². The van der Waals surface area contributed by atoms with Crippen molar-refractivity contribution >= 4 is 17.2 Å². The van der Waals surface area contributed by atoms with Gasteiger partial charge in [0.15, 0.2) is 0 Å². The van der Waals surface area contributed by atoms with E-state index in [0.29, 0.717) is 12.2 Å². The highest BCUT2D eigenvalue weighted by Gasteiger charge is 2.21. The minimum absolute atomic E-state index is 0.0199. The average Bonchev–Trinajstić information content (AvgIpc) is 3.10. The lowest BCUT2D eigenvalue weighted by Crippen LogP contribution is -2.36. The summed E-state index contributed by atoms with van der Waals surface area (Å²) in [5, 5.41) is 2.74. The summed E-state index contributed by atoms with van der Waals surface area (Å²) in [7, 11) is 0. The molecule has 0 fully saturated rings. The maximum absolute atomic E-state index is 13.0. The van der Waals surface area contributed by atoms with Gasteiger partial charge in [-0.15, -0.1) is 11.3 Å². The fraction of sp³-hybridized carbons (Fsp3) is 0.238. The molecule has 0 saturated carbocycles. The molecule has 2 aromatic carbocycles. The monoisotopic (exact) mass is 350 g/mol. The molecule has 0 bridgehead atoms. The predicted molar refractivity (Wildman–Crippen MR) is 104 cm³/mol. The number of benzene rings is 2. The molecule has 0 atom stereocenters. The quantitative estimate of drug-likeness (QED) is 0.636. The third-order valence-electron chi connectivity index (χ3n) is 4.10. The molecule has 0 N–H and O–H groups in total. The number of rotatable bonds is 5. The lowest BCUT2D eigenvalue weighted by Gasteiger charge is -2.26. The molecule has 0 radical (unpaired) electrons. The number of thiazole rings is 1. The fourth-order valence-electron chi connectivity index (χ4n) is 2.62. The van der Waals surface area contributed by atoms with Crippen molar-refractivity contribution in [3.05, 3.63) is 76.8 Å². The summed E-state index contributed by atoms with van der Waals surface area (Å²) < 4.78 is 0. The second-order valence-electron chi connectivity index (χ2n) is 6.42. The van der Waals surface area contributed by atoms with E-state index in [1.165, 1.54) is 16.9 Å². The van der Waals surface area contributed by atoms with Crippen LogP contribution in [0.25, 0.3) is 10.6 Å². The van der Waals surface area contributed by atoms with Gasteiger partial charge in [0.1, 0.15) is 10.7 Å². The number of amides is 1. The van der Waals surface area contributed by atoms with Gasteiger partial charge < -0.3 is 4.90 Å². The predicted octanol–water partition coefficient (Wildman–Crippen LogP) is 5.17. The molecule has 4 heteroatoms. The van der Waals surface area contributed by atoms with Crippen LogP contribution in [0.2, 0.25) is 0 Å². The number of aromatic nitrogens is 1. The van der Waals surface area contributed by atoms with Crippen LogP contribution in [0.1, 0.15) is 35.5 Å². The Kier molecular flexibility index (Phi) is 5.29. The smallest absolute Gasteiger partial charge is 0.273 e. The molecule has 1 amide bonds. The molecular weight excluding hydrogens is 328 g/mol. The Morgan fingerprint density at radius 3 is 2.40 bits per heavy atom. The van der Waals surface area contributed by atoms with Crippen molar-refractivity contribution < 1.29 is 4.79 Å². The zero-order valence-corrected chi connectivity index (χ0v) is 15.6. The molecule has 0 aliphatic rings. The molecular formula is C21H22N2OS. The van der Waals surface area contributed by atoms with Gasteiger partial charge in [-0.2, -0.15) is 0 Å². The van der Waals surface area contributed by atoms with E-state index in [1.54, 1.807) is 0 Å². The standard InChI is InChI=1S/C21H22N2OS/c1-15(2)23(13-17-7-5-4-6-8-17)21(24)19-14-25-20(22-19)18-11-9-16(3)10-12-18/h4-12,14-15H,13H2,1-3H3. The van der Waals surface area contributed by atoms with Gasteiger partial charge in [0, 0.05) is 23.5 Å². The van der Waals surface area contributed by atoms with Crippen LogP contribution in [-0.2, 0) is 6.54 Å². The first-order valence-electron chi connectivity index (χ1n) is 8.42. The number of hydrogen-bond acceptors (Lipinski definition) is 3. The van der Waals surface area contributed by atoms with Gasteiger partial charge in [0.25, 0.3) is 5.91 Å². The third kappa shape index (κ3) is 4.15. The molecule has 0 aliphatic carbocycles. The second-order valence-corrected chi connectivity index (χ2v) is 7.27. The molecule has 1 heterocycles. The van der Waals surface area contributed by atoms with E-state index in [9.17, 15) is 4.79 Å².